The van der Waals surface area contributed by atoms with Gasteiger partial charge in [-0.15, -0.1) is 0 Å². The van der Waals surface area contributed by atoms with E-state index in [2.05, 4.69) is 50.4 Å². The van der Waals surface area contributed by atoms with E-state index in [0.717, 1.165) is 11.1 Å². The number of phenols is 1. The minimum atomic E-state index is 0.103. The highest BCUT2D eigenvalue weighted by Gasteiger charge is 2.14. The molecule has 2 N–H and O–H groups in total. The molecule has 0 heterocycles. The number of benzene rings is 2. The minimum absolute atomic E-state index is 0.103. The standard InChI is InChI=1S/C18H23NO/c1-12-5-8-16(9-6-12)14(3)19-15(4)17-11-13(2)7-10-18(17)20/h5-11,14-15,19-20H,1-4H3. The molecular formula is C18H23NO. The largest absolute Gasteiger partial charge is 0.508 e. The average Bonchev–Trinajstić information content (AvgIpc) is 2.42. The lowest BCUT2D eigenvalue weighted by atomic mass is 10.0. The number of phenolic OH excluding ortho intramolecular Hbond substituents is 1. The zero-order chi connectivity index (χ0) is 14.7. The van der Waals surface area contributed by atoms with Gasteiger partial charge < -0.3 is 10.4 Å². The lowest BCUT2D eigenvalue weighted by Gasteiger charge is -2.22. The number of hydrogen-bond donors (Lipinski definition) is 2. The number of rotatable bonds is 4. The van der Waals surface area contributed by atoms with Gasteiger partial charge >= 0.3 is 0 Å². The smallest absolute Gasteiger partial charge is 0.120 e. The van der Waals surface area contributed by atoms with Crippen molar-refractivity contribution in [2.75, 3.05) is 0 Å². The van der Waals surface area contributed by atoms with Crippen LogP contribution < -0.4 is 5.32 Å². The van der Waals surface area contributed by atoms with Gasteiger partial charge in [-0.2, -0.15) is 0 Å². The Kier molecular flexibility index (Phi) is 4.46. The van der Waals surface area contributed by atoms with Crippen molar-refractivity contribution in [1.29, 1.82) is 0 Å². The van der Waals surface area contributed by atoms with Crippen LogP contribution >= 0.6 is 0 Å². The van der Waals surface area contributed by atoms with Crippen LogP contribution in [0, 0.1) is 13.8 Å². The van der Waals surface area contributed by atoms with Gasteiger partial charge in [0.1, 0.15) is 5.75 Å². The second-order valence-electron chi connectivity index (χ2n) is 5.58. The first-order valence-electron chi connectivity index (χ1n) is 7.09. The van der Waals surface area contributed by atoms with Gasteiger partial charge in [-0.05, 0) is 39.3 Å². The van der Waals surface area contributed by atoms with Crippen molar-refractivity contribution in [3.63, 3.8) is 0 Å². The Morgan fingerprint density at radius 3 is 2.10 bits per heavy atom. The third-order valence-electron chi connectivity index (χ3n) is 3.73. The molecule has 0 aromatic heterocycles. The number of aryl methyl sites for hydroxylation is 2. The van der Waals surface area contributed by atoms with Gasteiger partial charge in [-0.25, -0.2) is 0 Å². The van der Waals surface area contributed by atoms with Gasteiger partial charge in [-0.1, -0.05) is 47.5 Å². The molecule has 2 atom stereocenters. The van der Waals surface area contributed by atoms with E-state index >= 15 is 0 Å². The van der Waals surface area contributed by atoms with Crippen molar-refractivity contribution in [2.45, 2.75) is 39.8 Å². The van der Waals surface area contributed by atoms with E-state index in [1.54, 1.807) is 6.07 Å². The zero-order valence-electron chi connectivity index (χ0n) is 12.6. The summed E-state index contributed by atoms with van der Waals surface area (Å²) < 4.78 is 0. The van der Waals surface area contributed by atoms with E-state index in [1.807, 2.05) is 19.1 Å². The van der Waals surface area contributed by atoms with Crippen molar-refractivity contribution in [1.82, 2.24) is 5.32 Å². The predicted molar refractivity (Wildman–Crippen MR) is 84.0 cm³/mol. The Morgan fingerprint density at radius 1 is 0.850 bits per heavy atom. The predicted octanol–water partition coefficient (Wildman–Crippen LogP) is 4.42. The van der Waals surface area contributed by atoms with Crippen LogP contribution in [0.2, 0.25) is 0 Å². The highest BCUT2D eigenvalue weighted by Crippen LogP contribution is 2.27. The normalized spacial score (nSPS) is 14.0. The molecule has 0 aliphatic carbocycles. The van der Waals surface area contributed by atoms with Crippen molar-refractivity contribution < 1.29 is 5.11 Å². The van der Waals surface area contributed by atoms with E-state index in [0.29, 0.717) is 5.75 Å². The van der Waals surface area contributed by atoms with Gasteiger partial charge in [0, 0.05) is 17.6 Å². The molecule has 0 amide bonds. The molecule has 0 saturated heterocycles. The van der Waals surface area contributed by atoms with Gasteiger partial charge in [0.05, 0.1) is 0 Å². The molecular weight excluding hydrogens is 246 g/mol. The lowest BCUT2D eigenvalue weighted by Crippen LogP contribution is -2.22. The average molecular weight is 269 g/mol. The van der Waals surface area contributed by atoms with Gasteiger partial charge in [0.15, 0.2) is 0 Å². The maximum atomic E-state index is 9.99. The van der Waals surface area contributed by atoms with Crippen LogP contribution in [-0.4, -0.2) is 5.11 Å². The van der Waals surface area contributed by atoms with Crippen molar-refractivity contribution >= 4 is 0 Å². The van der Waals surface area contributed by atoms with Crippen LogP contribution in [-0.2, 0) is 0 Å². The molecule has 0 bridgehead atoms. The number of hydrogen-bond acceptors (Lipinski definition) is 2. The lowest BCUT2D eigenvalue weighted by molar-refractivity contribution is 0.438. The number of nitrogens with one attached hydrogen (secondary N) is 1. The van der Waals surface area contributed by atoms with Crippen molar-refractivity contribution in [2.24, 2.45) is 0 Å². The molecule has 20 heavy (non-hydrogen) atoms. The Labute approximate surface area is 121 Å². The molecule has 0 spiro atoms. The summed E-state index contributed by atoms with van der Waals surface area (Å²) in [5.74, 6) is 0.353. The second-order valence-corrected chi connectivity index (χ2v) is 5.58. The van der Waals surface area contributed by atoms with Crippen LogP contribution in [0.1, 0.15) is 48.2 Å². The summed E-state index contributed by atoms with van der Waals surface area (Å²) in [4.78, 5) is 0. The molecule has 106 valence electrons. The van der Waals surface area contributed by atoms with Crippen LogP contribution in [0.5, 0.6) is 5.75 Å². The van der Waals surface area contributed by atoms with E-state index in [-0.39, 0.29) is 12.1 Å². The van der Waals surface area contributed by atoms with E-state index in [1.165, 1.54) is 11.1 Å². The van der Waals surface area contributed by atoms with Gasteiger partial charge in [0.2, 0.25) is 0 Å². The maximum absolute atomic E-state index is 9.99. The molecule has 2 heteroatoms. The third kappa shape index (κ3) is 3.40. The molecule has 2 aromatic carbocycles. The summed E-state index contributed by atoms with van der Waals surface area (Å²) in [6, 6.07) is 14.6. The zero-order valence-corrected chi connectivity index (χ0v) is 12.6. The second kappa shape index (κ2) is 6.10. The van der Waals surface area contributed by atoms with Crippen LogP contribution in [0.3, 0.4) is 0 Å². The molecule has 0 saturated carbocycles. The molecule has 0 radical (unpaired) electrons. The number of aromatic hydroxyl groups is 1. The van der Waals surface area contributed by atoms with E-state index < -0.39 is 0 Å². The summed E-state index contributed by atoms with van der Waals surface area (Å²) in [6.07, 6.45) is 0. The summed E-state index contributed by atoms with van der Waals surface area (Å²) in [5, 5.41) is 13.5. The highest BCUT2D eigenvalue weighted by atomic mass is 16.3. The molecule has 2 unspecified atom stereocenters. The van der Waals surface area contributed by atoms with E-state index in [9.17, 15) is 5.11 Å². The molecule has 0 aliphatic heterocycles. The molecule has 0 fully saturated rings. The molecule has 0 aliphatic rings. The van der Waals surface area contributed by atoms with Gasteiger partial charge in [0.25, 0.3) is 0 Å². The fraction of sp³-hybridized carbons (Fsp3) is 0.333. The van der Waals surface area contributed by atoms with Crippen LogP contribution in [0.25, 0.3) is 0 Å². The highest BCUT2D eigenvalue weighted by molar-refractivity contribution is 5.38. The third-order valence-corrected chi connectivity index (χ3v) is 3.73. The monoisotopic (exact) mass is 269 g/mol. The fourth-order valence-corrected chi connectivity index (χ4v) is 2.44. The first-order valence-corrected chi connectivity index (χ1v) is 7.09. The Hall–Kier alpha value is -1.80. The summed E-state index contributed by atoms with van der Waals surface area (Å²) in [7, 11) is 0. The molecule has 2 nitrogen and oxygen atoms in total. The Balaban J connectivity index is 2.12. The van der Waals surface area contributed by atoms with Crippen molar-refractivity contribution in [3.05, 3.63) is 64.7 Å². The topological polar surface area (TPSA) is 32.3 Å². The van der Waals surface area contributed by atoms with Gasteiger partial charge in [-0.3, -0.25) is 0 Å². The van der Waals surface area contributed by atoms with Crippen molar-refractivity contribution in [3.8, 4) is 5.75 Å². The first kappa shape index (κ1) is 14.6. The summed E-state index contributed by atoms with van der Waals surface area (Å²) in [6.45, 7) is 8.36. The Bertz CT molecular complexity index is 574. The quantitative estimate of drug-likeness (QED) is 0.861. The Morgan fingerprint density at radius 2 is 1.45 bits per heavy atom. The molecule has 2 rings (SSSR count). The van der Waals surface area contributed by atoms with Crippen LogP contribution in [0.15, 0.2) is 42.5 Å². The summed E-state index contributed by atoms with van der Waals surface area (Å²) in [5.41, 5.74) is 4.64. The summed E-state index contributed by atoms with van der Waals surface area (Å²) >= 11 is 0. The van der Waals surface area contributed by atoms with Crippen LogP contribution in [0.4, 0.5) is 0 Å². The maximum Gasteiger partial charge on any atom is 0.120 e. The fourth-order valence-electron chi connectivity index (χ4n) is 2.44. The first-order chi connectivity index (χ1) is 9.47. The van der Waals surface area contributed by atoms with E-state index in [4.69, 9.17) is 0 Å². The minimum Gasteiger partial charge on any atom is -0.508 e. The molecule has 2 aromatic rings. The SMILES string of the molecule is Cc1ccc(C(C)NC(C)c2cc(C)ccc2O)cc1.